The van der Waals surface area contributed by atoms with Crippen LogP contribution in [0, 0.1) is 5.92 Å². The lowest BCUT2D eigenvalue weighted by Crippen LogP contribution is -2.42. The summed E-state index contributed by atoms with van der Waals surface area (Å²) in [6.45, 7) is 1.66. The second kappa shape index (κ2) is 7.53. The van der Waals surface area contributed by atoms with E-state index in [0.29, 0.717) is 43.1 Å². The van der Waals surface area contributed by atoms with Crippen LogP contribution in [0.25, 0.3) is 0 Å². The molecule has 0 spiro atoms. The molecule has 24 heavy (non-hydrogen) atoms. The molecule has 2 heterocycles. The van der Waals surface area contributed by atoms with Crippen LogP contribution >= 0.6 is 11.6 Å². The van der Waals surface area contributed by atoms with Crippen LogP contribution in [0.3, 0.4) is 0 Å². The number of amides is 2. The highest BCUT2D eigenvalue weighted by molar-refractivity contribution is 6.30. The summed E-state index contributed by atoms with van der Waals surface area (Å²) in [5.74, 6) is -0.0465. The fraction of sp³-hybridized carbons (Fsp3) is 0.333. The van der Waals surface area contributed by atoms with E-state index in [4.69, 9.17) is 16.0 Å². The summed E-state index contributed by atoms with van der Waals surface area (Å²) in [5.41, 5.74) is 1.57. The predicted octanol–water partition coefficient (Wildman–Crippen LogP) is 3.10. The van der Waals surface area contributed by atoms with Gasteiger partial charge in [0, 0.05) is 30.6 Å². The Morgan fingerprint density at radius 3 is 2.50 bits per heavy atom. The van der Waals surface area contributed by atoms with Crippen molar-refractivity contribution in [3.05, 3.63) is 59.0 Å². The highest BCUT2D eigenvalue weighted by atomic mass is 35.5. The first-order valence-electron chi connectivity index (χ1n) is 7.97. The van der Waals surface area contributed by atoms with E-state index in [1.807, 2.05) is 24.3 Å². The first-order valence-corrected chi connectivity index (χ1v) is 8.35. The zero-order valence-corrected chi connectivity index (χ0v) is 14.0. The van der Waals surface area contributed by atoms with Gasteiger partial charge in [0.2, 0.25) is 5.91 Å². The summed E-state index contributed by atoms with van der Waals surface area (Å²) in [7, 11) is 0. The van der Waals surface area contributed by atoms with Crippen molar-refractivity contribution >= 4 is 23.4 Å². The average Bonchev–Trinajstić information content (AvgIpc) is 3.15. The molecule has 1 aromatic carbocycles. The van der Waals surface area contributed by atoms with Gasteiger partial charge in [-0.15, -0.1) is 0 Å². The molecule has 1 fully saturated rings. The van der Waals surface area contributed by atoms with Gasteiger partial charge in [0.1, 0.15) is 6.26 Å². The van der Waals surface area contributed by atoms with Crippen LogP contribution in [0.15, 0.2) is 47.3 Å². The average molecular weight is 347 g/mol. The molecule has 126 valence electrons. The van der Waals surface area contributed by atoms with Gasteiger partial charge in [0.05, 0.1) is 11.8 Å². The van der Waals surface area contributed by atoms with E-state index >= 15 is 0 Å². The molecule has 0 bridgehead atoms. The molecule has 0 unspecified atom stereocenters. The summed E-state index contributed by atoms with van der Waals surface area (Å²) < 4.78 is 4.95. The number of hydrogen-bond donors (Lipinski definition) is 1. The fourth-order valence-electron chi connectivity index (χ4n) is 2.85. The van der Waals surface area contributed by atoms with E-state index in [1.165, 1.54) is 12.5 Å². The van der Waals surface area contributed by atoms with Crippen molar-refractivity contribution in [2.24, 2.45) is 5.92 Å². The lowest BCUT2D eigenvalue weighted by molar-refractivity contribution is -0.126. The summed E-state index contributed by atoms with van der Waals surface area (Å²) in [6.07, 6.45) is 4.30. The molecular weight excluding hydrogens is 328 g/mol. The Labute approximate surface area is 145 Å². The number of nitrogens with zero attached hydrogens (tertiary/aromatic N) is 1. The van der Waals surface area contributed by atoms with Gasteiger partial charge in [-0.25, -0.2) is 0 Å². The van der Waals surface area contributed by atoms with Gasteiger partial charge in [0.15, 0.2) is 0 Å². The van der Waals surface area contributed by atoms with Gasteiger partial charge in [0.25, 0.3) is 5.91 Å². The maximum Gasteiger partial charge on any atom is 0.257 e. The van der Waals surface area contributed by atoms with Gasteiger partial charge in [-0.1, -0.05) is 23.7 Å². The molecule has 6 heteroatoms. The molecule has 1 N–H and O–H groups in total. The van der Waals surface area contributed by atoms with Crippen molar-refractivity contribution in [1.82, 2.24) is 10.2 Å². The van der Waals surface area contributed by atoms with Crippen LogP contribution in [-0.2, 0) is 11.3 Å². The van der Waals surface area contributed by atoms with Gasteiger partial charge < -0.3 is 14.6 Å². The summed E-state index contributed by atoms with van der Waals surface area (Å²) in [4.78, 5) is 26.3. The maximum absolute atomic E-state index is 12.3. The predicted molar refractivity (Wildman–Crippen MR) is 90.6 cm³/mol. The quantitative estimate of drug-likeness (QED) is 0.925. The van der Waals surface area contributed by atoms with Crippen LogP contribution in [0.5, 0.6) is 0 Å². The van der Waals surface area contributed by atoms with Gasteiger partial charge in [-0.05, 0) is 36.6 Å². The second-order valence-corrected chi connectivity index (χ2v) is 6.36. The zero-order chi connectivity index (χ0) is 16.9. The molecular formula is C18H19ClN2O3. The van der Waals surface area contributed by atoms with Crippen molar-refractivity contribution in [2.75, 3.05) is 13.1 Å². The first-order chi connectivity index (χ1) is 11.6. The van der Waals surface area contributed by atoms with Crippen molar-refractivity contribution in [3.63, 3.8) is 0 Å². The standard InChI is InChI=1S/C18H19ClN2O3/c19-16-3-1-13(2-4-16)11-20-17(22)14-5-8-21(9-6-14)18(23)15-7-10-24-12-15/h1-4,7,10,12,14H,5-6,8-9,11H2,(H,20,22). The third-order valence-electron chi connectivity index (χ3n) is 4.30. The third-order valence-corrected chi connectivity index (χ3v) is 4.55. The first kappa shape index (κ1) is 16.6. The topological polar surface area (TPSA) is 62.6 Å². The fourth-order valence-corrected chi connectivity index (χ4v) is 2.98. The molecule has 1 saturated heterocycles. The van der Waals surface area contributed by atoms with Crippen LogP contribution in [0.2, 0.25) is 5.02 Å². The third kappa shape index (κ3) is 3.97. The van der Waals surface area contributed by atoms with Crippen molar-refractivity contribution in [2.45, 2.75) is 19.4 Å². The number of piperidine rings is 1. The Kier molecular flexibility index (Phi) is 5.20. The van der Waals surface area contributed by atoms with E-state index in [2.05, 4.69) is 5.32 Å². The molecule has 0 radical (unpaired) electrons. The molecule has 0 saturated carbocycles. The van der Waals surface area contributed by atoms with Gasteiger partial charge in [-0.2, -0.15) is 0 Å². The minimum Gasteiger partial charge on any atom is -0.472 e. The number of rotatable bonds is 4. The Bertz CT molecular complexity index is 690. The molecule has 2 amide bonds. The second-order valence-electron chi connectivity index (χ2n) is 5.92. The molecule has 1 aromatic heterocycles. The van der Waals surface area contributed by atoms with E-state index in [-0.39, 0.29) is 17.7 Å². The number of likely N-dealkylation sites (tertiary alicyclic amines) is 1. The van der Waals surface area contributed by atoms with Crippen LogP contribution < -0.4 is 5.32 Å². The Balaban J connectivity index is 1.46. The number of nitrogens with one attached hydrogen (secondary N) is 1. The van der Waals surface area contributed by atoms with Crippen molar-refractivity contribution < 1.29 is 14.0 Å². The molecule has 5 nitrogen and oxygen atoms in total. The van der Waals surface area contributed by atoms with Crippen LogP contribution in [-0.4, -0.2) is 29.8 Å². The highest BCUT2D eigenvalue weighted by Crippen LogP contribution is 2.20. The number of furan rings is 1. The number of hydrogen-bond acceptors (Lipinski definition) is 3. The Morgan fingerprint density at radius 2 is 1.88 bits per heavy atom. The summed E-state index contributed by atoms with van der Waals surface area (Å²) >= 11 is 5.85. The molecule has 1 aliphatic rings. The van der Waals surface area contributed by atoms with Gasteiger partial charge in [-0.3, -0.25) is 9.59 Å². The van der Waals surface area contributed by atoms with E-state index in [0.717, 1.165) is 5.56 Å². The largest absolute Gasteiger partial charge is 0.472 e. The minimum atomic E-state index is -0.0503. The van der Waals surface area contributed by atoms with Crippen molar-refractivity contribution in [1.29, 1.82) is 0 Å². The lowest BCUT2D eigenvalue weighted by Gasteiger charge is -2.31. The lowest BCUT2D eigenvalue weighted by atomic mass is 9.95. The van der Waals surface area contributed by atoms with Crippen LogP contribution in [0.1, 0.15) is 28.8 Å². The monoisotopic (exact) mass is 346 g/mol. The summed E-state index contributed by atoms with van der Waals surface area (Å²) in [6, 6.07) is 9.07. The minimum absolute atomic E-state index is 0.0382. The number of carbonyl (C=O) groups is 2. The highest BCUT2D eigenvalue weighted by Gasteiger charge is 2.27. The maximum atomic E-state index is 12.3. The van der Waals surface area contributed by atoms with E-state index < -0.39 is 0 Å². The molecule has 0 atom stereocenters. The van der Waals surface area contributed by atoms with Crippen molar-refractivity contribution in [3.8, 4) is 0 Å². The zero-order valence-electron chi connectivity index (χ0n) is 13.2. The van der Waals surface area contributed by atoms with E-state index in [9.17, 15) is 9.59 Å². The molecule has 2 aromatic rings. The van der Waals surface area contributed by atoms with Gasteiger partial charge >= 0.3 is 0 Å². The van der Waals surface area contributed by atoms with E-state index in [1.54, 1.807) is 11.0 Å². The normalized spacial score (nSPS) is 15.3. The smallest absolute Gasteiger partial charge is 0.257 e. The summed E-state index contributed by atoms with van der Waals surface area (Å²) in [5, 5.41) is 3.64. The number of carbonyl (C=O) groups excluding carboxylic acids is 2. The molecule has 1 aliphatic heterocycles. The SMILES string of the molecule is O=C(NCc1ccc(Cl)cc1)C1CCN(C(=O)c2ccoc2)CC1. The number of halogens is 1. The Hall–Kier alpha value is -2.27. The number of benzene rings is 1. The Morgan fingerprint density at radius 1 is 1.17 bits per heavy atom. The molecule has 3 rings (SSSR count). The molecule has 0 aliphatic carbocycles. The van der Waals surface area contributed by atoms with Crippen LogP contribution in [0.4, 0.5) is 0 Å².